The summed E-state index contributed by atoms with van der Waals surface area (Å²) in [6.07, 6.45) is 1.45. The first-order valence-electron chi connectivity index (χ1n) is 7.79. The van der Waals surface area contributed by atoms with Crippen LogP contribution in [0.2, 0.25) is 10.0 Å². The fourth-order valence-electron chi connectivity index (χ4n) is 2.42. The molecule has 0 saturated carbocycles. The van der Waals surface area contributed by atoms with Crippen LogP contribution in [-0.2, 0) is 9.53 Å². The van der Waals surface area contributed by atoms with Crippen molar-refractivity contribution in [3.8, 4) is 11.3 Å². The monoisotopic (exact) mass is 381 g/mol. The van der Waals surface area contributed by atoms with Gasteiger partial charge in [-0.1, -0.05) is 23.2 Å². The van der Waals surface area contributed by atoms with Gasteiger partial charge in [0.05, 0.1) is 31.0 Å². The zero-order chi connectivity index (χ0) is 17.6. The predicted molar refractivity (Wildman–Crippen MR) is 97.2 cm³/mol. The Morgan fingerprint density at radius 2 is 2.04 bits per heavy atom. The van der Waals surface area contributed by atoms with Crippen molar-refractivity contribution in [1.29, 1.82) is 0 Å². The summed E-state index contributed by atoms with van der Waals surface area (Å²) in [6, 6.07) is 8.71. The lowest BCUT2D eigenvalue weighted by molar-refractivity contribution is -0.123. The Hall–Kier alpha value is -1.86. The zero-order valence-corrected chi connectivity index (χ0v) is 14.9. The molecule has 1 fully saturated rings. The number of halogens is 2. The van der Waals surface area contributed by atoms with E-state index in [1.807, 2.05) is 4.90 Å². The van der Waals surface area contributed by atoms with E-state index in [9.17, 15) is 4.79 Å². The third-order valence-electron chi connectivity index (χ3n) is 3.68. The van der Waals surface area contributed by atoms with Crippen LogP contribution in [0.5, 0.6) is 0 Å². The molecule has 0 unspecified atom stereocenters. The van der Waals surface area contributed by atoms with E-state index in [-0.39, 0.29) is 5.91 Å². The molecule has 0 radical (unpaired) electrons. The van der Waals surface area contributed by atoms with Crippen molar-refractivity contribution >= 4 is 35.3 Å². The Morgan fingerprint density at radius 1 is 1.24 bits per heavy atom. The molecule has 8 heteroatoms. The van der Waals surface area contributed by atoms with Crippen molar-refractivity contribution in [2.45, 2.75) is 0 Å². The number of nitrogens with one attached hydrogen (secondary N) is 1. The van der Waals surface area contributed by atoms with E-state index in [1.165, 1.54) is 6.21 Å². The van der Waals surface area contributed by atoms with Crippen LogP contribution >= 0.6 is 23.2 Å². The Bertz CT molecular complexity index is 770. The number of ether oxygens (including phenoxy) is 1. The highest BCUT2D eigenvalue weighted by molar-refractivity contribution is 6.36. The summed E-state index contributed by atoms with van der Waals surface area (Å²) in [4.78, 5) is 13.9. The molecule has 1 aliphatic rings. The van der Waals surface area contributed by atoms with E-state index in [0.717, 1.165) is 18.7 Å². The highest BCUT2D eigenvalue weighted by Gasteiger charge is 2.13. The molecule has 0 bridgehead atoms. The highest BCUT2D eigenvalue weighted by atomic mass is 35.5. The topological polar surface area (TPSA) is 67.1 Å². The summed E-state index contributed by atoms with van der Waals surface area (Å²) in [5, 5.41) is 4.98. The van der Waals surface area contributed by atoms with E-state index in [1.54, 1.807) is 30.3 Å². The highest BCUT2D eigenvalue weighted by Crippen LogP contribution is 2.31. The van der Waals surface area contributed by atoms with Gasteiger partial charge in [-0.05, 0) is 30.3 Å². The second kappa shape index (κ2) is 8.49. The summed E-state index contributed by atoms with van der Waals surface area (Å²) in [5.41, 5.74) is 3.23. The molecule has 2 heterocycles. The second-order valence-corrected chi connectivity index (χ2v) is 6.35. The number of rotatable bonds is 5. The Balaban J connectivity index is 1.55. The maximum Gasteiger partial charge on any atom is 0.254 e. The molecule has 1 N–H and O–H groups in total. The van der Waals surface area contributed by atoms with E-state index >= 15 is 0 Å². The number of carbonyl (C=O) groups excluding carboxylic acids is 1. The largest absolute Gasteiger partial charge is 0.455 e. The number of carbonyl (C=O) groups is 1. The van der Waals surface area contributed by atoms with E-state index in [4.69, 9.17) is 32.4 Å². The van der Waals surface area contributed by atoms with Crippen molar-refractivity contribution in [1.82, 2.24) is 10.3 Å². The van der Waals surface area contributed by atoms with Crippen LogP contribution < -0.4 is 5.43 Å². The third kappa shape index (κ3) is 5.06. The maximum absolute atomic E-state index is 11.8. The zero-order valence-electron chi connectivity index (χ0n) is 13.4. The van der Waals surface area contributed by atoms with Gasteiger partial charge in [-0.25, -0.2) is 5.43 Å². The minimum Gasteiger partial charge on any atom is -0.455 e. The van der Waals surface area contributed by atoms with Crippen LogP contribution in [-0.4, -0.2) is 49.9 Å². The van der Waals surface area contributed by atoms with Crippen molar-refractivity contribution in [3.05, 3.63) is 46.1 Å². The molecule has 0 spiro atoms. The number of hydrogen-bond donors (Lipinski definition) is 1. The van der Waals surface area contributed by atoms with Crippen LogP contribution in [0, 0.1) is 0 Å². The van der Waals surface area contributed by atoms with Gasteiger partial charge >= 0.3 is 0 Å². The number of nitrogens with zero attached hydrogens (tertiary/aromatic N) is 2. The number of benzene rings is 1. The van der Waals surface area contributed by atoms with E-state index in [0.29, 0.717) is 41.3 Å². The fraction of sp³-hybridized carbons (Fsp3) is 0.294. The molecule has 1 aromatic carbocycles. The Kier molecular flexibility index (Phi) is 6.09. The number of furan rings is 1. The molecule has 2 aromatic rings. The standard InChI is InChI=1S/C17H17Cl2N3O3/c18-12-1-3-14(15(19)9-12)16-4-2-13(25-16)10-20-21-17(23)11-22-5-7-24-8-6-22/h1-4,9-10H,5-8,11H2,(H,21,23)/b20-10-. The molecule has 6 nitrogen and oxygen atoms in total. The summed E-state index contributed by atoms with van der Waals surface area (Å²) in [7, 11) is 0. The van der Waals surface area contributed by atoms with Gasteiger partial charge in [0, 0.05) is 23.7 Å². The van der Waals surface area contributed by atoms with Crippen molar-refractivity contribution < 1.29 is 13.9 Å². The number of morpholine rings is 1. The van der Waals surface area contributed by atoms with Gasteiger partial charge in [0.25, 0.3) is 5.91 Å². The van der Waals surface area contributed by atoms with Crippen molar-refractivity contribution in [2.75, 3.05) is 32.8 Å². The smallest absolute Gasteiger partial charge is 0.254 e. The van der Waals surface area contributed by atoms with E-state index in [2.05, 4.69) is 10.5 Å². The van der Waals surface area contributed by atoms with Gasteiger partial charge in [0.15, 0.2) is 0 Å². The first kappa shape index (κ1) is 17.9. The first-order chi connectivity index (χ1) is 12.1. The van der Waals surface area contributed by atoms with Crippen LogP contribution in [0.4, 0.5) is 0 Å². The van der Waals surface area contributed by atoms with Gasteiger partial charge in [-0.3, -0.25) is 9.69 Å². The van der Waals surface area contributed by atoms with Crippen LogP contribution in [0.15, 0.2) is 39.9 Å². The molecule has 1 aromatic heterocycles. The number of hydrazone groups is 1. The summed E-state index contributed by atoms with van der Waals surface area (Å²) >= 11 is 12.1. The molecule has 0 atom stereocenters. The van der Waals surface area contributed by atoms with Crippen molar-refractivity contribution in [3.63, 3.8) is 0 Å². The average molecular weight is 382 g/mol. The van der Waals surface area contributed by atoms with Gasteiger partial charge in [-0.2, -0.15) is 5.10 Å². The molecule has 25 heavy (non-hydrogen) atoms. The Labute approximate surface area is 155 Å². The summed E-state index contributed by atoms with van der Waals surface area (Å²) in [6.45, 7) is 3.10. The lowest BCUT2D eigenvalue weighted by Gasteiger charge is -2.25. The molecule has 1 amide bonds. The van der Waals surface area contributed by atoms with Gasteiger partial charge in [-0.15, -0.1) is 0 Å². The van der Waals surface area contributed by atoms with Gasteiger partial charge in [0.1, 0.15) is 11.5 Å². The predicted octanol–water partition coefficient (Wildman–Crippen LogP) is 3.04. The SMILES string of the molecule is O=C(CN1CCOCC1)N/N=C\c1ccc(-c2ccc(Cl)cc2Cl)o1. The summed E-state index contributed by atoms with van der Waals surface area (Å²) < 4.78 is 10.9. The molecule has 132 valence electrons. The quantitative estimate of drug-likeness (QED) is 0.638. The normalized spacial score (nSPS) is 15.6. The van der Waals surface area contributed by atoms with Gasteiger partial charge in [0.2, 0.25) is 0 Å². The van der Waals surface area contributed by atoms with Crippen molar-refractivity contribution in [2.24, 2.45) is 5.10 Å². The molecule has 1 aliphatic heterocycles. The molecular weight excluding hydrogens is 365 g/mol. The molecule has 1 saturated heterocycles. The fourth-order valence-corrected chi connectivity index (χ4v) is 2.92. The summed E-state index contributed by atoms with van der Waals surface area (Å²) in [5.74, 6) is 0.932. The minimum absolute atomic E-state index is 0.175. The Morgan fingerprint density at radius 3 is 2.80 bits per heavy atom. The van der Waals surface area contributed by atoms with Crippen LogP contribution in [0.1, 0.15) is 5.76 Å². The molecular formula is C17H17Cl2N3O3. The maximum atomic E-state index is 11.8. The minimum atomic E-state index is -0.175. The lowest BCUT2D eigenvalue weighted by atomic mass is 10.2. The van der Waals surface area contributed by atoms with Crippen LogP contribution in [0.3, 0.4) is 0 Å². The second-order valence-electron chi connectivity index (χ2n) is 5.51. The average Bonchev–Trinajstić information content (AvgIpc) is 3.04. The number of amides is 1. The molecule has 3 rings (SSSR count). The third-order valence-corrected chi connectivity index (χ3v) is 4.22. The lowest BCUT2D eigenvalue weighted by Crippen LogP contribution is -2.42. The molecule has 0 aliphatic carbocycles. The first-order valence-corrected chi connectivity index (χ1v) is 8.55. The van der Waals surface area contributed by atoms with Gasteiger partial charge < -0.3 is 9.15 Å². The van der Waals surface area contributed by atoms with Crippen LogP contribution in [0.25, 0.3) is 11.3 Å². The number of hydrogen-bond acceptors (Lipinski definition) is 5. The van der Waals surface area contributed by atoms with E-state index < -0.39 is 0 Å².